The number of rotatable bonds is 11. The SMILES string of the molecule is CCCCOc1ccc(C(C)NC(=O)CCN2N=C(c3ccc(OC)cc3)CCC2=O)cc1. The highest BCUT2D eigenvalue weighted by Crippen LogP contribution is 2.20. The Labute approximate surface area is 195 Å². The quantitative estimate of drug-likeness (QED) is 0.511. The number of carbonyl (C=O) groups excluding carboxylic acids is 2. The average molecular weight is 452 g/mol. The molecule has 176 valence electrons. The van der Waals surface area contributed by atoms with Gasteiger partial charge in [-0.05, 0) is 60.9 Å². The number of carbonyl (C=O) groups is 2. The van der Waals surface area contributed by atoms with Crippen LogP contribution in [0.4, 0.5) is 0 Å². The van der Waals surface area contributed by atoms with Crippen molar-refractivity contribution in [1.82, 2.24) is 10.3 Å². The Bertz CT molecular complexity index is 955. The molecular weight excluding hydrogens is 418 g/mol. The number of ether oxygens (including phenoxy) is 2. The van der Waals surface area contributed by atoms with Gasteiger partial charge in [0.05, 0.1) is 32.0 Å². The molecule has 1 aliphatic heterocycles. The molecule has 1 atom stereocenters. The molecule has 1 unspecified atom stereocenters. The number of hydrazone groups is 1. The number of unbranched alkanes of at least 4 members (excludes halogenated alkanes) is 1. The van der Waals surface area contributed by atoms with Crippen molar-refractivity contribution in [2.75, 3.05) is 20.3 Å². The lowest BCUT2D eigenvalue weighted by molar-refractivity contribution is -0.132. The third-order valence-electron chi connectivity index (χ3n) is 5.60. The highest BCUT2D eigenvalue weighted by Gasteiger charge is 2.22. The molecule has 0 aliphatic carbocycles. The van der Waals surface area contributed by atoms with Gasteiger partial charge in [0.1, 0.15) is 11.5 Å². The monoisotopic (exact) mass is 451 g/mol. The number of nitrogens with one attached hydrogen (secondary N) is 1. The molecule has 1 N–H and O–H groups in total. The summed E-state index contributed by atoms with van der Waals surface area (Å²) < 4.78 is 10.9. The smallest absolute Gasteiger partial charge is 0.243 e. The van der Waals surface area contributed by atoms with Gasteiger partial charge in [-0.2, -0.15) is 5.10 Å². The lowest BCUT2D eigenvalue weighted by Gasteiger charge is -2.24. The highest BCUT2D eigenvalue weighted by molar-refractivity contribution is 6.04. The first-order valence-electron chi connectivity index (χ1n) is 11.5. The van der Waals surface area contributed by atoms with E-state index in [1.54, 1.807) is 7.11 Å². The molecule has 3 rings (SSSR count). The number of benzene rings is 2. The van der Waals surface area contributed by atoms with Crippen LogP contribution in [-0.4, -0.2) is 42.8 Å². The third kappa shape index (κ3) is 7.07. The van der Waals surface area contributed by atoms with Crippen LogP contribution in [-0.2, 0) is 9.59 Å². The molecular formula is C26H33N3O4. The van der Waals surface area contributed by atoms with Crippen molar-refractivity contribution in [2.24, 2.45) is 5.10 Å². The Kier molecular flexibility index (Phi) is 8.87. The molecule has 7 heteroatoms. The predicted octanol–water partition coefficient (Wildman–Crippen LogP) is 4.47. The summed E-state index contributed by atoms with van der Waals surface area (Å²) in [5.74, 6) is 1.42. The van der Waals surface area contributed by atoms with Crippen molar-refractivity contribution in [1.29, 1.82) is 0 Å². The fraction of sp³-hybridized carbons (Fsp3) is 0.423. The summed E-state index contributed by atoms with van der Waals surface area (Å²) in [7, 11) is 1.62. The van der Waals surface area contributed by atoms with Crippen LogP contribution in [0.3, 0.4) is 0 Å². The van der Waals surface area contributed by atoms with Gasteiger partial charge in [0.2, 0.25) is 11.8 Å². The highest BCUT2D eigenvalue weighted by atomic mass is 16.5. The van der Waals surface area contributed by atoms with Gasteiger partial charge in [-0.3, -0.25) is 9.59 Å². The second-order valence-electron chi connectivity index (χ2n) is 8.10. The Morgan fingerprint density at radius 2 is 1.79 bits per heavy atom. The fourth-order valence-corrected chi connectivity index (χ4v) is 3.56. The zero-order valence-electron chi connectivity index (χ0n) is 19.7. The van der Waals surface area contributed by atoms with E-state index < -0.39 is 0 Å². The van der Waals surface area contributed by atoms with E-state index in [9.17, 15) is 9.59 Å². The number of hydrogen-bond acceptors (Lipinski definition) is 5. The lowest BCUT2D eigenvalue weighted by atomic mass is 10.0. The zero-order chi connectivity index (χ0) is 23.6. The molecule has 0 aromatic heterocycles. The summed E-state index contributed by atoms with van der Waals surface area (Å²) in [4.78, 5) is 24.8. The van der Waals surface area contributed by atoms with Crippen LogP contribution in [0.25, 0.3) is 0 Å². The summed E-state index contributed by atoms with van der Waals surface area (Å²) in [6.45, 7) is 5.03. The molecule has 0 bridgehead atoms. The van der Waals surface area contributed by atoms with E-state index in [4.69, 9.17) is 9.47 Å². The molecule has 0 radical (unpaired) electrons. The average Bonchev–Trinajstić information content (AvgIpc) is 2.84. The fourth-order valence-electron chi connectivity index (χ4n) is 3.56. The number of nitrogens with zero attached hydrogens (tertiary/aromatic N) is 2. The van der Waals surface area contributed by atoms with Gasteiger partial charge in [0, 0.05) is 19.3 Å². The van der Waals surface area contributed by atoms with Crippen LogP contribution in [0.5, 0.6) is 11.5 Å². The van der Waals surface area contributed by atoms with E-state index in [0.717, 1.165) is 41.2 Å². The van der Waals surface area contributed by atoms with Crippen molar-refractivity contribution in [2.45, 2.75) is 52.0 Å². The molecule has 1 heterocycles. The maximum absolute atomic E-state index is 12.5. The minimum Gasteiger partial charge on any atom is -0.497 e. The molecule has 0 spiro atoms. The zero-order valence-corrected chi connectivity index (χ0v) is 19.7. The van der Waals surface area contributed by atoms with Crippen molar-refractivity contribution in [3.63, 3.8) is 0 Å². The van der Waals surface area contributed by atoms with Crippen molar-refractivity contribution >= 4 is 17.5 Å². The standard InChI is InChI=1S/C26H33N3O4/c1-4-5-18-33-23-12-6-20(7-13-23)19(2)27-25(30)16-17-29-26(31)15-14-24(28-29)21-8-10-22(32-3)11-9-21/h6-13,19H,4-5,14-18H2,1-3H3,(H,27,30). The van der Waals surface area contributed by atoms with Crippen molar-refractivity contribution in [3.05, 3.63) is 59.7 Å². The van der Waals surface area contributed by atoms with Gasteiger partial charge in [0.15, 0.2) is 0 Å². The Morgan fingerprint density at radius 3 is 2.45 bits per heavy atom. The first-order valence-corrected chi connectivity index (χ1v) is 11.5. The minimum atomic E-state index is -0.141. The van der Waals surface area contributed by atoms with Gasteiger partial charge in [0.25, 0.3) is 0 Å². The molecule has 33 heavy (non-hydrogen) atoms. The molecule has 0 fully saturated rings. The topological polar surface area (TPSA) is 80.2 Å². The second kappa shape index (κ2) is 12.0. The molecule has 2 aromatic rings. The summed E-state index contributed by atoms with van der Waals surface area (Å²) in [6, 6.07) is 15.2. The van der Waals surface area contributed by atoms with Crippen molar-refractivity contribution < 1.29 is 19.1 Å². The van der Waals surface area contributed by atoms with Gasteiger partial charge in [-0.1, -0.05) is 25.5 Å². The maximum atomic E-state index is 12.5. The van der Waals surface area contributed by atoms with Gasteiger partial charge in [-0.25, -0.2) is 5.01 Å². The first kappa shape index (κ1) is 24.3. The predicted molar refractivity (Wildman–Crippen MR) is 128 cm³/mol. The number of hydrogen-bond donors (Lipinski definition) is 1. The molecule has 2 amide bonds. The molecule has 0 saturated heterocycles. The van der Waals surface area contributed by atoms with Crippen molar-refractivity contribution in [3.8, 4) is 11.5 Å². The van der Waals surface area contributed by atoms with E-state index in [-0.39, 0.29) is 30.8 Å². The van der Waals surface area contributed by atoms with E-state index in [0.29, 0.717) is 19.4 Å². The molecule has 1 aliphatic rings. The van der Waals surface area contributed by atoms with E-state index in [1.165, 1.54) is 5.01 Å². The van der Waals surface area contributed by atoms with E-state index >= 15 is 0 Å². The van der Waals surface area contributed by atoms with E-state index in [2.05, 4.69) is 17.3 Å². The van der Waals surface area contributed by atoms with Crippen LogP contribution in [0.1, 0.15) is 63.1 Å². The normalized spacial score (nSPS) is 14.5. The van der Waals surface area contributed by atoms with Crippen LogP contribution < -0.4 is 14.8 Å². The van der Waals surface area contributed by atoms with Crippen LogP contribution >= 0.6 is 0 Å². The van der Waals surface area contributed by atoms with Gasteiger partial charge >= 0.3 is 0 Å². The summed E-state index contributed by atoms with van der Waals surface area (Å²) in [5.41, 5.74) is 2.79. The third-order valence-corrected chi connectivity index (χ3v) is 5.60. The Morgan fingerprint density at radius 1 is 1.09 bits per heavy atom. The molecule has 0 saturated carbocycles. The summed E-state index contributed by atoms with van der Waals surface area (Å²) in [5, 5.41) is 8.91. The minimum absolute atomic E-state index is 0.0632. The summed E-state index contributed by atoms with van der Waals surface area (Å²) in [6.07, 6.45) is 3.28. The second-order valence-corrected chi connectivity index (χ2v) is 8.10. The van der Waals surface area contributed by atoms with Gasteiger partial charge < -0.3 is 14.8 Å². The van der Waals surface area contributed by atoms with Crippen LogP contribution in [0.2, 0.25) is 0 Å². The lowest BCUT2D eigenvalue weighted by Crippen LogP contribution is -2.36. The van der Waals surface area contributed by atoms with Crippen LogP contribution in [0.15, 0.2) is 53.6 Å². The number of amides is 2. The maximum Gasteiger partial charge on any atom is 0.243 e. The molecule has 2 aromatic carbocycles. The largest absolute Gasteiger partial charge is 0.497 e. The molecule has 7 nitrogen and oxygen atoms in total. The first-order chi connectivity index (χ1) is 16.0. The Balaban J connectivity index is 1.51. The number of methoxy groups -OCH3 is 1. The Hall–Kier alpha value is -3.35. The van der Waals surface area contributed by atoms with E-state index in [1.807, 2.05) is 55.5 Å². The summed E-state index contributed by atoms with van der Waals surface area (Å²) >= 11 is 0. The van der Waals surface area contributed by atoms with Crippen LogP contribution in [0, 0.1) is 0 Å². The van der Waals surface area contributed by atoms with Gasteiger partial charge in [-0.15, -0.1) is 0 Å².